The van der Waals surface area contributed by atoms with Crippen molar-refractivity contribution in [2.45, 2.75) is 6.92 Å². The molecule has 2 nitrogen and oxygen atoms in total. The standard InChI is InChI=1S/C9H9Cl2NO.ClH/c1-2-13-9(12)6-4-3-5-7(10)8(6)11;/h3-5,12H,2H2,1H3;1H. The Morgan fingerprint density at radius 1 is 1.43 bits per heavy atom. The fraction of sp³-hybridized carbons (Fsp3) is 0.222. The molecule has 0 saturated heterocycles. The second-order valence-electron chi connectivity index (χ2n) is 2.36. The SMILES string of the molecule is CCOC(=N)c1cccc(Cl)c1Cl.Cl. The molecule has 1 N–H and O–H groups in total. The minimum Gasteiger partial charge on any atom is -0.478 e. The zero-order chi connectivity index (χ0) is 9.84. The van der Waals surface area contributed by atoms with Crippen LogP contribution in [0.5, 0.6) is 0 Å². The van der Waals surface area contributed by atoms with Gasteiger partial charge in [0, 0.05) is 0 Å². The molecule has 0 aliphatic rings. The molecule has 0 unspecified atom stereocenters. The highest BCUT2D eigenvalue weighted by molar-refractivity contribution is 6.43. The van der Waals surface area contributed by atoms with Gasteiger partial charge in [-0.3, -0.25) is 5.41 Å². The lowest BCUT2D eigenvalue weighted by atomic mass is 10.2. The maximum Gasteiger partial charge on any atom is 0.214 e. The fourth-order valence-corrected chi connectivity index (χ4v) is 1.29. The van der Waals surface area contributed by atoms with Gasteiger partial charge in [0.05, 0.1) is 22.2 Å². The van der Waals surface area contributed by atoms with E-state index in [0.717, 1.165) is 0 Å². The summed E-state index contributed by atoms with van der Waals surface area (Å²) in [6.45, 7) is 2.26. The van der Waals surface area contributed by atoms with Crippen molar-refractivity contribution in [3.63, 3.8) is 0 Å². The van der Waals surface area contributed by atoms with Crippen LogP contribution in [0.4, 0.5) is 0 Å². The van der Waals surface area contributed by atoms with E-state index in [9.17, 15) is 0 Å². The Kier molecular flexibility index (Phi) is 5.93. The van der Waals surface area contributed by atoms with Gasteiger partial charge in [0.15, 0.2) is 0 Å². The number of halogens is 3. The summed E-state index contributed by atoms with van der Waals surface area (Å²) in [5.74, 6) is 0.0509. The van der Waals surface area contributed by atoms with E-state index in [0.29, 0.717) is 22.2 Å². The lowest BCUT2D eigenvalue weighted by molar-refractivity contribution is 0.325. The molecule has 0 saturated carbocycles. The topological polar surface area (TPSA) is 33.1 Å². The highest BCUT2D eigenvalue weighted by Gasteiger charge is 2.09. The minimum absolute atomic E-state index is 0. The van der Waals surface area contributed by atoms with E-state index in [-0.39, 0.29) is 18.3 Å². The average Bonchev–Trinajstić information content (AvgIpc) is 2.10. The van der Waals surface area contributed by atoms with Gasteiger partial charge in [-0.1, -0.05) is 29.3 Å². The van der Waals surface area contributed by atoms with E-state index in [1.807, 2.05) is 6.92 Å². The van der Waals surface area contributed by atoms with E-state index in [4.69, 9.17) is 33.3 Å². The highest BCUT2D eigenvalue weighted by atomic mass is 35.5. The number of rotatable bonds is 2. The molecule has 0 amide bonds. The maximum absolute atomic E-state index is 7.50. The van der Waals surface area contributed by atoms with Gasteiger partial charge in [-0.2, -0.15) is 0 Å². The van der Waals surface area contributed by atoms with E-state index >= 15 is 0 Å². The van der Waals surface area contributed by atoms with Gasteiger partial charge in [0.25, 0.3) is 0 Å². The van der Waals surface area contributed by atoms with E-state index < -0.39 is 0 Å². The van der Waals surface area contributed by atoms with Gasteiger partial charge >= 0.3 is 0 Å². The molecule has 0 aliphatic heterocycles. The Balaban J connectivity index is 0.00000169. The van der Waals surface area contributed by atoms with Crippen LogP contribution in [0, 0.1) is 5.41 Å². The lowest BCUT2D eigenvalue weighted by Gasteiger charge is -2.07. The van der Waals surface area contributed by atoms with Crippen LogP contribution >= 0.6 is 35.6 Å². The molecule has 1 aromatic rings. The van der Waals surface area contributed by atoms with E-state index in [2.05, 4.69) is 0 Å². The minimum atomic E-state index is 0. The van der Waals surface area contributed by atoms with Crippen LogP contribution in [0.1, 0.15) is 12.5 Å². The number of hydrogen-bond acceptors (Lipinski definition) is 2. The molecule has 0 atom stereocenters. The highest BCUT2D eigenvalue weighted by Crippen LogP contribution is 2.25. The van der Waals surface area contributed by atoms with Gasteiger partial charge in [-0.25, -0.2) is 0 Å². The van der Waals surface area contributed by atoms with Gasteiger partial charge < -0.3 is 4.74 Å². The molecule has 5 heteroatoms. The van der Waals surface area contributed by atoms with Crippen molar-refractivity contribution in [2.24, 2.45) is 0 Å². The summed E-state index contributed by atoms with van der Waals surface area (Å²) < 4.78 is 5.00. The second kappa shape index (κ2) is 6.12. The molecule has 0 aromatic heterocycles. The van der Waals surface area contributed by atoms with Gasteiger partial charge in [0.2, 0.25) is 5.90 Å². The molecule has 0 spiro atoms. The normalized spacial score (nSPS) is 9.07. The van der Waals surface area contributed by atoms with E-state index in [1.54, 1.807) is 18.2 Å². The first kappa shape index (κ1) is 13.6. The van der Waals surface area contributed by atoms with Crippen LogP contribution in [0.3, 0.4) is 0 Å². The zero-order valence-electron chi connectivity index (χ0n) is 7.51. The molecule has 0 heterocycles. The van der Waals surface area contributed by atoms with Gasteiger partial charge in [0.1, 0.15) is 0 Å². The molecule has 0 radical (unpaired) electrons. The number of nitrogens with one attached hydrogen (secondary N) is 1. The molecule has 0 fully saturated rings. The van der Waals surface area contributed by atoms with Crippen molar-refractivity contribution in [3.8, 4) is 0 Å². The molecule has 0 aliphatic carbocycles. The summed E-state index contributed by atoms with van der Waals surface area (Å²) in [5, 5.41) is 8.30. The Morgan fingerprint density at radius 3 is 2.64 bits per heavy atom. The van der Waals surface area contributed by atoms with Crippen LogP contribution in [0.2, 0.25) is 10.0 Å². The fourth-order valence-electron chi connectivity index (χ4n) is 0.901. The van der Waals surface area contributed by atoms with Crippen molar-refractivity contribution in [3.05, 3.63) is 33.8 Å². The molecule has 0 bridgehead atoms. The van der Waals surface area contributed by atoms with Gasteiger partial charge in [-0.05, 0) is 19.1 Å². The largest absolute Gasteiger partial charge is 0.478 e. The third-order valence-corrected chi connectivity index (χ3v) is 2.30. The average molecular weight is 255 g/mol. The third-order valence-electron chi connectivity index (χ3n) is 1.48. The van der Waals surface area contributed by atoms with Crippen LogP contribution in [0.15, 0.2) is 18.2 Å². The number of hydrogen-bond donors (Lipinski definition) is 1. The monoisotopic (exact) mass is 253 g/mol. The summed E-state index contributed by atoms with van der Waals surface area (Å²) in [5.41, 5.74) is 0.524. The van der Waals surface area contributed by atoms with Crippen LogP contribution in [0.25, 0.3) is 0 Å². The van der Waals surface area contributed by atoms with Gasteiger partial charge in [-0.15, -0.1) is 12.4 Å². The number of benzene rings is 1. The first-order chi connectivity index (χ1) is 6.16. The van der Waals surface area contributed by atoms with Crippen molar-refractivity contribution in [2.75, 3.05) is 6.61 Å². The predicted molar refractivity (Wildman–Crippen MR) is 62.2 cm³/mol. The molecular weight excluding hydrogens is 244 g/mol. The summed E-state index contributed by atoms with van der Waals surface area (Å²) in [4.78, 5) is 0. The van der Waals surface area contributed by atoms with Crippen LogP contribution in [-0.2, 0) is 4.74 Å². The Morgan fingerprint density at radius 2 is 2.07 bits per heavy atom. The zero-order valence-corrected chi connectivity index (χ0v) is 9.84. The number of ether oxygens (including phenoxy) is 1. The van der Waals surface area contributed by atoms with Crippen molar-refractivity contribution >= 4 is 41.5 Å². The first-order valence-electron chi connectivity index (χ1n) is 3.82. The Labute approximate surface area is 99.1 Å². The first-order valence-corrected chi connectivity index (χ1v) is 4.58. The molecule has 1 rings (SSSR count). The third kappa shape index (κ3) is 3.05. The molecule has 1 aromatic carbocycles. The van der Waals surface area contributed by atoms with Crippen LogP contribution < -0.4 is 0 Å². The summed E-state index contributed by atoms with van der Waals surface area (Å²) in [7, 11) is 0. The molecule has 78 valence electrons. The van der Waals surface area contributed by atoms with Crippen molar-refractivity contribution in [1.29, 1.82) is 5.41 Å². The smallest absolute Gasteiger partial charge is 0.214 e. The summed E-state index contributed by atoms with van der Waals surface area (Å²) in [6.07, 6.45) is 0. The molecular formula is C9H10Cl3NO. The quantitative estimate of drug-likeness (QED) is 0.632. The predicted octanol–water partition coefficient (Wildman–Crippen LogP) is 3.78. The maximum atomic E-state index is 7.50. The van der Waals surface area contributed by atoms with Crippen molar-refractivity contribution < 1.29 is 4.74 Å². The lowest BCUT2D eigenvalue weighted by Crippen LogP contribution is -2.05. The summed E-state index contributed by atoms with van der Waals surface area (Å²) in [6, 6.07) is 5.11. The van der Waals surface area contributed by atoms with Crippen molar-refractivity contribution in [1.82, 2.24) is 0 Å². The Bertz CT molecular complexity index is 328. The van der Waals surface area contributed by atoms with E-state index in [1.165, 1.54) is 0 Å². The Hall–Kier alpha value is -0.440. The summed E-state index contributed by atoms with van der Waals surface area (Å²) >= 11 is 11.6. The van der Waals surface area contributed by atoms with Crippen LogP contribution in [-0.4, -0.2) is 12.5 Å². The molecule has 14 heavy (non-hydrogen) atoms. The second-order valence-corrected chi connectivity index (χ2v) is 3.15.